The van der Waals surface area contributed by atoms with E-state index in [1.54, 1.807) is 42.2 Å². The maximum atomic E-state index is 16.1. The number of benzene rings is 3. The quantitative estimate of drug-likeness (QED) is 0.150. The maximum absolute atomic E-state index is 16.1. The zero-order valence-corrected chi connectivity index (χ0v) is 36.5. The van der Waals surface area contributed by atoms with E-state index in [-0.39, 0.29) is 72.5 Å². The summed E-state index contributed by atoms with van der Waals surface area (Å²) in [6.07, 6.45) is 4.08. The van der Waals surface area contributed by atoms with Crippen LogP contribution in [0.25, 0.3) is 21.9 Å². The Kier molecular flexibility index (Phi) is 11.9. The van der Waals surface area contributed by atoms with Crippen LogP contribution in [0.15, 0.2) is 48.7 Å². The molecular formula is C44H47F3N10O7S. The Morgan fingerprint density at radius 3 is 2.62 bits per heavy atom. The van der Waals surface area contributed by atoms with Crippen LogP contribution in [0, 0.1) is 23.0 Å². The molecule has 3 aromatic carbocycles. The minimum absolute atomic E-state index is 0.0763. The van der Waals surface area contributed by atoms with Gasteiger partial charge in [0, 0.05) is 76.3 Å². The smallest absolute Gasteiger partial charge is 0.329 e. The number of anilines is 2. The minimum atomic E-state index is -4.17. The molecule has 1 saturated carbocycles. The number of aliphatic hydroxyl groups excluding tert-OH is 1. The predicted molar refractivity (Wildman–Crippen MR) is 231 cm³/mol. The van der Waals surface area contributed by atoms with Gasteiger partial charge in [0.1, 0.15) is 29.4 Å². The van der Waals surface area contributed by atoms with Crippen LogP contribution < -0.4 is 19.7 Å². The summed E-state index contributed by atoms with van der Waals surface area (Å²) in [5, 5.41) is 26.3. The molecule has 1 spiro atoms. The molecule has 17 nitrogen and oxygen atoms in total. The van der Waals surface area contributed by atoms with Crippen molar-refractivity contribution < 1.29 is 45.8 Å². The lowest BCUT2D eigenvalue weighted by Crippen LogP contribution is -2.52. The SMILES string of the molecule is CN(CCO)S(=O)(=O)Nc1ccc(F)c(Oc2ccc3ncc([C@@H]4COC5(CCN([C@@H]6CC[C@H](c7cc8c(cc7F)c(N7CCC(=O)NC7=O)nn8C)CC6F)CC5)C4)nc3c2)c1C#N. The number of hydrogen-bond donors (Lipinski definition) is 3. The summed E-state index contributed by atoms with van der Waals surface area (Å²) in [7, 11) is -1.22. The molecule has 4 fully saturated rings. The molecule has 0 bridgehead atoms. The number of urea groups is 1. The van der Waals surface area contributed by atoms with E-state index in [0.29, 0.717) is 85.0 Å². The van der Waals surface area contributed by atoms with Crippen LogP contribution in [0.3, 0.4) is 0 Å². The van der Waals surface area contributed by atoms with Gasteiger partial charge in [0.25, 0.3) is 0 Å². The molecule has 21 heteroatoms. The summed E-state index contributed by atoms with van der Waals surface area (Å²) < 4.78 is 89.6. The molecule has 3 aliphatic heterocycles. The lowest BCUT2D eigenvalue weighted by Gasteiger charge is -2.45. The fraction of sp³-hybridized carbons (Fsp3) is 0.455. The Balaban J connectivity index is 0.829. The number of fused-ring (bicyclic) bond motifs is 2. The van der Waals surface area contributed by atoms with Crippen molar-refractivity contribution >= 4 is 55.6 Å². The fourth-order valence-corrected chi connectivity index (χ4v) is 10.6. The van der Waals surface area contributed by atoms with Crippen molar-refractivity contribution in [1.29, 1.82) is 5.26 Å². The number of alkyl halides is 1. The number of aryl methyl sites for hydroxylation is 1. The van der Waals surface area contributed by atoms with Crippen LogP contribution in [0.5, 0.6) is 11.5 Å². The summed E-state index contributed by atoms with van der Waals surface area (Å²) in [6, 6.07) is 10.8. The molecule has 9 rings (SSSR count). The van der Waals surface area contributed by atoms with Gasteiger partial charge >= 0.3 is 16.2 Å². The number of carbonyl (C=O) groups is 2. The second kappa shape index (κ2) is 17.5. The van der Waals surface area contributed by atoms with Gasteiger partial charge in [-0.05, 0) is 86.4 Å². The van der Waals surface area contributed by atoms with Crippen LogP contribution in [0.4, 0.5) is 29.5 Å². The molecule has 342 valence electrons. The number of halogens is 3. The molecule has 4 aliphatic rings. The van der Waals surface area contributed by atoms with E-state index in [4.69, 9.17) is 19.6 Å². The van der Waals surface area contributed by atoms with E-state index >= 15 is 13.2 Å². The van der Waals surface area contributed by atoms with Crippen molar-refractivity contribution in [1.82, 2.24) is 34.3 Å². The number of ether oxygens (including phenoxy) is 2. The van der Waals surface area contributed by atoms with Crippen LogP contribution in [0.1, 0.15) is 73.6 Å². The topological polar surface area (TPSA) is 208 Å². The van der Waals surface area contributed by atoms with Crippen LogP contribution >= 0.6 is 0 Å². The molecule has 4 atom stereocenters. The van der Waals surface area contributed by atoms with Crippen LogP contribution in [0.2, 0.25) is 0 Å². The maximum Gasteiger partial charge on any atom is 0.329 e. The molecule has 1 unspecified atom stereocenters. The van der Waals surface area contributed by atoms with E-state index in [1.165, 1.54) is 18.0 Å². The number of piperidine rings is 1. The van der Waals surface area contributed by atoms with Gasteiger partial charge in [-0.2, -0.15) is 23.1 Å². The molecule has 65 heavy (non-hydrogen) atoms. The summed E-state index contributed by atoms with van der Waals surface area (Å²) in [6.45, 7) is 1.21. The largest absolute Gasteiger partial charge is 0.453 e. The normalized spacial score (nSPS) is 22.8. The zero-order chi connectivity index (χ0) is 45.8. The van der Waals surface area contributed by atoms with Crippen molar-refractivity contribution in [3.8, 4) is 17.6 Å². The lowest BCUT2D eigenvalue weighted by atomic mass is 9.78. The Bertz CT molecular complexity index is 2850. The Morgan fingerprint density at radius 2 is 1.88 bits per heavy atom. The first-order valence-electron chi connectivity index (χ1n) is 21.5. The van der Waals surface area contributed by atoms with Crippen molar-refractivity contribution in [3.05, 3.63) is 77.1 Å². The van der Waals surface area contributed by atoms with Crippen LogP contribution in [-0.4, -0.2) is 119 Å². The fourth-order valence-electron chi connectivity index (χ4n) is 9.71. The number of aliphatic hydroxyl groups is 1. The highest BCUT2D eigenvalue weighted by atomic mass is 32.2. The third-order valence-corrected chi connectivity index (χ3v) is 14.8. The standard InChI is InChI=1S/C44H47F3N10O7S/c1-54(15-16-58)65(61,62)53-34-7-5-31(45)41(30(34)22-48)64-27-4-6-35-36(18-27)50-37(23-49-35)26-21-44(63-24-26)10-13-56(14-11-44)38-8-3-25(17-33(38)47)28-20-39-29(19-32(28)46)42(52-55(39)2)57-12-9-40(59)51-43(57)60/h4-7,18-20,23,25-26,33,38,53,58H,3,8-17,21,24H2,1-2H3,(H,51,59,60)/t25-,26-,33?,38+/m0/s1. The zero-order valence-electron chi connectivity index (χ0n) is 35.6. The highest BCUT2D eigenvalue weighted by Crippen LogP contribution is 2.45. The number of hydrogen-bond acceptors (Lipinski definition) is 12. The average molecular weight is 917 g/mol. The number of amides is 3. The predicted octanol–water partition coefficient (Wildman–Crippen LogP) is 5.50. The summed E-state index contributed by atoms with van der Waals surface area (Å²) in [5.41, 5.74) is 1.75. The number of nitrogens with one attached hydrogen (secondary N) is 2. The van der Waals surface area contributed by atoms with Gasteiger partial charge in [-0.15, -0.1) is 0 Å². The van der Waals surface area contributed by atoms with Gasteiger partial charge in [-0.1, -0.05) is 0 Å². The van der Waals surface area contributed by atoms with E-state index in [2.05, 4.69) is 25.0 Å². The van der Waals surface area contributed by atoms with Gasteiger partial charge < -0.3 is 14.6 Å². The molecular weight excluding hydrogens is 870 g/mol. The number of likely N-dealkylation sites (tertiary alicyclic amines) is 1. The molecule has 5 aromatic rings. The van der Waals surface area contributed by atoms with E-state index < -0.39 is 52.0 Å². The number of nitrogens with zero attached hydrogens (tertiary/aromatic N) is 8. The summed E-state index contributed by atoms with van der Waals surface area (Å²) >= 11 is 0. The average Bonchev–Trinajstić information content (AvgIpc) is 3.84. The Hall–Kier alpha value is -5.92. The first kappa shape index (κ1) is 44.3. The molecule has 5 heterocycles. The molecule has 3 amide bonds. The number of aromatic nitrogens is 4. The summed E-state index contributed by atoms with van der Waals surface area (Å²) in [5.74, 6) is -2.23. The second-order valence-corrected chi connectivity index (χ2v) is 19.0. The highest BCUT2D eigenvalue weighted by Gasteiger charge is 2.46. The molecule has 0 radical (unpaired) electrons. The number of carbonyl (C=O) groups excluding carboxylic acids is 2. The van der Waals surface area contributed by atoms with Crippen molar-refractivity contribution in [2.45, 2.75) is 74.6 Å². The van der Waals surface area contributed by atoms with Gasteiger partial charge in [0.15, 0.2) is 17.4 Å². The monoisotopic (exact) mass is 916 g/mol. The molecule has 2 aromatic heterocycles. The van der Waals surface area contributed by atoms with E-state index in [9.17, 15) is 23.3 Å². The van der Waals surface area contributed by atoms with Crippen molar-refractivity contribution in [2.24, 2.45) is 7.05 Å². The van der Waals surface area contributed by atoms with E-state index in [1.807, 2.05) is 6.07 Å². The summed E-state index contributed by atoms with van der Waals surface area (Å²) in [4.78, 5) is 37.2. The first-order chi connectivity index (χ1) is 31.2. The lowest BCUT2D eigenvalue weighted by molar-refractivity contribution is -0.120. The third kappa shape index (κ3) is 8.56. The Morgan fingerprint density at radius 1 is 1.08 bits per heavy atom. The highest BCUT2D eigenvalue weighted by molar-refractivity contribution is 7.90. The van der Waals surface area contributed by atoms with Crippen molar-refractivity contribution in [2.75, 3.05) is 56.1 Å². The van der Waals surface area contributed by atoms with Crippen LogP contribution in [-0.2, 0) is 26.8 Å². The molecule has 3 N–H and O–H groups in total. The van der Waals surface area contributed by atoms with Gasteiger partial charge in [-0.3, -0.25) is 34.3 Å². The second-order valence-electron chi connectivity index (χ2n) is 17.2. The van der Waals surface area contributed by atoms with Gasteiger partial charge in [0.2, 0.25) is 5.91 Å². The van der Waals surface area contributed by atoms with E-state index in [0.717, 1.165) is 16.4 Å². The number of likely N-dealkylation sites (N-methyl/N-ethyl adjacent to an activating group) is 1. The Labute approximate surface area is 372 Å². The molecule has 3 saturated heterocycles. The molecule has 1 aliphatic carbocycles. The number of imide groups is 1. The number of rotatable bonds is 11. The number of nitriles is 1. The van der Waals surface area contributed by atoms with Crippen molar-refractivity contribution in [3.63, 3.8) is 0 Å². The minimum Gasteiger partial charge on any atom is -0.453 e. The van der Waals surface area contributed by atoms with Gasteiger partial charge in [0.05, 0.1) is 46.7 Å². The first-order valence-corrected chi connectivity index (χ1v) is 22.9. The van der Waals surface area contributed by atoms with Gasteiger partial charge in [-0.25, -0.2) is 22.9 Å². The third-order valence-electron chi connectivity index (χ3n) is 13.3.